The molecule has 4 heteroatoms. The summed E-state index contributed by atoms with van der Waals surface area (Å²) in [6, 6.07) is 0. The van der Waals surface area contributed by atoms with Gasteiger partial charge in [0.05, 0.1) is 6.20 Å². The minimum Gasteiger partial charge on any atom is -0.298 e. The van der Waals surface area contributed by atoms with E-state index in [1.165, 1.54) is 5.56 Å². The second kappa shape index (κ2) is 3.83. The lowest BCUT2D eigenvalue weighted by Crippen LogP contribution is -2.53. The van der Waals surface area contributed by atoms with Crippen LogP contribution >= 0.6 is 12.6 Å². The SMILES string of the molecule is Cn1cc(CN2CC(C(C)(C)S)C2)cn1. The number of hydrogen-bond donors (Lipinski definition) is 1. The summed E-state index contributed by atoms with van der Waals surface area (Å²) in [6.45, 7) is 7.73. The van der Waals surface area contributed by atoms with E-state index in [0.29, 0.717) is 0 Å². The van der Waals surface area contributed by atoms with Gasteiger partial charge in [-0.15, -0.1) is 0 Å². The van der Waals surface area contributed by atoms with Crippen molar-refractivity contribution in [2.75, 3.05) is 13.1 Å². The lowest BCUT2D eigenvalue weighted by molar-refractivity contribution is 0.0731. The van der Waals surface area contributed by atoms with Crippen LogP contribution in [-0.4, -0.2) is 32.5 Å². The molecule has 0 saturated carbocycles. The van der Waals surface area contributed by atoms with E-state index in [2.05, 4.69) is 42.7 Å². The van der Waals surface area contributed by atoms with Gasteiger partial charge in [0.15, 0.2) is 0 Å². The largest absolute Gasteiger partial charge is 0.298 e. The van der Waals surface area contributed by atoms with E-state index in [9.17, 15) is 0 Å². The molecule has 15 heavy (non-hydrogen) atoms. The van der Waals surface area contributed by atoms with E-state index in [4.69, 9.17) is 0 Å². The molecular weight excluding hydrogens is 206 g/mol. The van der Waals surface area contributed by atoms with Crippen LogP contribution in [0, 0.1) is 5.92 Å². The molecule has 0 unspecified atom stereocenters. The summed E-state index contributed by atoms with van der Waals surface area (Å²) in [6.07, 6.45) is 4.03. The number of aryl methyl sites for hydroxylation is 1. The highest BCUT2D eigenvalue weighted by Gasteiger charge is 2.36. The fourth-order valence-electron chi connectivity index (χ4n) is 1.96. The highest BCUT2D eigenvalue weighted by Crippen LogP contribution is 2.32. The first-order chi connectivity index (χ1) is 6.95. The fourth-order valence-corrected chi connectivity index (χ4v) is 2.12. The van der Waals surface area contributed by atoms with Gasteiger partial charge >= 0.3 is 0 Å². The Morgan fingerprint density at radius 3 is 2.67 bits per heavy atom. The molecule has 0 radical (unpaired) electrons. The first-order valence-electron chi connectivity index (χ1n) is 5.37. The quantitative estimate of drug-likeness (QED) is 0.788. The van der Waals surface area contributed by atoms with Crippen molar-refractivity contribution in [2.24, 2.45) is 13.0 Å². The molecule has 0 aliphatic carbocycles. The van der Waals surface area contributed by atoms with Crippen molar-refractivity contribution in [2.45, 2.75) is 25.1 Å². The standard InChI is InChI=1S/C11H19N3S/c1-11(2,15)10-7-14(8-10)6-9-4-12-13(3)5-9/h4-5,10,15H,6-8H2,1-3H3. The van der Waals surface area contributed by atoms with Crippen LogP contribution < -0.4 is 0 Å². The van der Waals surface area contributed by atoms with E-state index < -0.39 is 0 Å². The van der Waals surface area contributed by atoms with Crippen molar-refractivity contribution < 1.29 is 0 Å². The van der Waals surface area contributed by atoms with Gasteiger partial charge in [-0.1, -0.05) is 13.8 Å². The lowest BCUT2D eigenvalue weighted by Gasteiger charge is -2.45. The van der Waals surface area contributed by atoms with Crippen LogP contribution in [0.5, 0.6) is 0 Å². The minimum atomic E-state index is 0.158. The van der Waals surface area contributed by atoms with Crippen LogP contribution in [0.25, 0.3) is 0 Å². The molecule has 0 amide bonds. The van der Waals surface area contributed by atoms with E-state index in [1.54, 1.807) is 0 Å². The summed E-state index contributed by atoms with van der Waals surface area (Å²) < 4.78 is 2.01. The van der Waals surface area contributed by atoms with Crippen molar-refractivity contribution in [3.8, 4) is 0 Å². The van der Waals surface area contributed by atoms with Gasteiger partial charge in [-0.2, -0.15) is 17.7 Å². The first-order valence-corrected chi connectivity index (χ1v) is 5.82. The maximum Gasteiger partial charge on any atom is 0.0534 e. The molecule has 84 valence electrons. The van der Waals surface area contributed by atoms with Crippen molar-refractivity contribution in [3.63, 3.8) is 0 Å². The highest BCUT2D eigenvalue weighted by atomic mass is 32.1. The summed E-state index contributed by atoms with van der Waals surface area (Å²) in [5.74, 6) is 0.720. The maximum absolute atomic E-state index is 4.61. The van der Waals surface area contributed by atoms with Crippen molar-refractivity contribution in [1.29, 1.82) is 0 Å². The normalized spacial score (nSPS) is 19.2. The molecular formula is C11H19N3S. The zero-order valence-corrected chi connectivity index (χ0v) is 10.5. The fraction of sp³-hybridized carbons (Fsp3) is 0.727. The molecule has 1 saturated heterocycles. The predicted octanol–water partition coefficient (Wildman–Crippen LogP) is 1.56. The number of nitrogens with zero attached hydrogens (tertiary/aromatic N) is 3. The molecule has 2 heterocycles. The van der Waals surface area contributed by atoms with Crippen LogP contribution in [0.1, 0.15) is 19.4 Å². The van der Waals surface area contributed by atoms with Gasteiger partial charge in [0, 0.05) is 43.2 Å². The third-order valence-corrected chi connectivity index (χ3v) is 3.49. The van der Waals surface area contributed by atoms with Crippen LogP contribution in [0.4, 0.5) is 0 Å². The lowest BCUT2D eigenvalue weighted by atomic mass is 9.87. The number of likely N-dealkylation sites (tertiary alicyclic amines) is 1. The second-order valence-corrected chi connectivity index (χ2v) is 6.22. The van der Waals surface area contributed by atoms with Gasteiger partial charge in [0.2, 0.25) is 0 Å². The predicted molar refractivity (Wildman–Crippen MR) is 65.0 cm³/mol. The highest BCUT2D eigenvalue weighted by molar-refractivity contribution is 7.81. The topological polar surface area (TPSA) is 21.1 Å². The maximum atomic E-state index is 4.61. The second-order valence-electron chi connectivity index (χ2n) is 5.07. The summed E-state index contributed by atoms with van der Waals surface area (Å²) in [5, 5.41) is 4.17. The third kappa shape index (κ3) is 2.55. The summed E-state index contributed by atoms with van der Waals surface area (Å²) in [5.41, 5.74) is 1.30. The van der Waals surface area contributed by atoms with Gasteiger partial charge in [0.25, 0.3) is 0 Å². The number of aromatic nitrogens is 2. The summed E-state index contributed by atoms with van der Waals surface area (Å²) >= 11 is 4.61. The van der Waals surface area contributed by atoms with E-state index >= 15 is 0 Å². The zero-order chi connectivity index (χ0) is 11.1. The summed E-state index contributed by atoms with van der Waals surface area (Å²) in [7, 11) is 1.96. The van der Waals surface area contributed by atoms with Crippen LogP contribution in [0.3, 0.4) is 0 Å². The van der Waals surface area contributed by atoms with Gasteiger partial charge in [-0.05, 0) is 5.92 Å². The molecule has 0 N–H and O–H groups in total. The van der Waals surface area contributed by atoms with Crippen molar-refractivity contribution in [3.05, 3.63) is 18.0 Å². The molecule has 1 aliphatic rings. The average Bonchev–Trinajstić information content (AvgIpc) is 2.40. The number of rotatable bonds is 3. The van der Waals surface area contributed by atoms with E-state index in [1.807, 2.05) is 17.9 Å². The Kier molecular flexibility index (Phi) is 2.81. The molecule has 0 bridgehead atoms. The molecule has 3 nitrogen and oxygen atoms in total. The molecule has 0 aromatic carbocycles. The molecule has 0 atom stereocenters. The Morgan fingerprint density at radius 2 is 2.20 bits per heavy atom. The van der Waals surface area contributed by atoms with Gasteiger partial charge < -0.3 is 0 Å². The molecule has 1 aromatic heterocycles. The average molecular weight is 225 g/mol. The molecule has 1 aliphatic heterocycles. The van der Waals surface area contributed by atoms with Crippen molar-refractivity contribution >= 4 is 12.6 Å². The molecule has 1 fully saturated rings. The van der Waals surface area contributed by atoms with Crippen molar-refractivity contribution in [1.82, 2.24) is 14.7 Å². The Balaban J connectivity index is 1.81. The van der Waals surface area contributed by atoms with E-state index in [-0.39, 0.29) is 4.75 Å². The van der Waals surface area contributed by atoms with Gasteiger partial charge in [-0.25, -0.2) is 0 Å². The molecule has 0 spiro atoms. The minimum absolute atomic E-state index is 0.158. The summed E-state index contributed by atoms with van der Waals surface area (Å²) in [4.78, 5) is 2.44. The third-order valence-electron chi connectivity index (χ3n) is 3.12. The number of thiol groups is 1. The monoisotopic (exact) mass is 225 g/mol. The van der Waals surface area contributed by atoms with Gasteiger partial charge in [-0.3, -0.25) is 9.58 Å². The Labute approximate surface area is 96.9 Å². The Morgan fingerprint density at radius 1 is 1.53 bits per heavy atom. The van der Waals surface area contributed by atoms with Crippen LogP contribution in [-0.2, 0) is 13.6 Å². The first kappa shape index (κ1) is 11.0. The van der Waals surface area contributed by atoms with Gasteiger partial charge in [0.1, 0.15) is 0 Å². The van der Waals surface area contributed by atoms with E-state index in [0.717, 1.165) is 25.6 Å². The number of hydrogen-bond acceptors (Lipinski definition) is 3. The Bertz CT molecular complexity index is 334. The zero-order valence-electron chi connectivity index (χ0n) is 9.64. The molecule has 1 aromatic rings. The Hall–Kier alpha value is -0.480. The molecule has 2 rings (SSSR count). The van der Waals surface area contributed by atoms with Crippen LogP contribution in [0.15, 0.2) is 12.4 Å². The van der Waals surface area contributed by atoms with Crippen LogP contribution in [0.2, 0.25) is 0 Å². The smallest absolute Gasteiger partial charge is 0.0534 e.